The maximum Gasteiger partial charge on any atom is 0.263 e. The highest BCUT2D eigenvalue weighted by atomic mass is 35.5. The number of methoxy groups -OCH3 is 1. The molecule has 1 aliphatic rings. The Hall–Kier alpha value is -1.94. The van der Waals surface area contributed by atoms with Gasteiger partial charge in [0.1, 0.15) is 10.6 Å². The van der Waals surface area contributed by atoms with Crippen LogP contribution in [0.25, 0.3) is 10.2 Å². The third-order valence-corrected chi connectivity index (χ3v) is 8.02. The molecule has 2 aromatic heterocycles. The zero-order valence-corrected chi connectivity index (χ0v) is 20.2. The van der Waals surface area contributed by atoms with Crippen LogP contribution in [-0.2, 0) is 35.5 Å². The summed E-state index contributed by atoms with van der Waals surface area (Å²) >= 11 is 8.86. The summed E-state index contributed by atoms with van der Waals surface area (Å²) in [4.78, 5) is 34.1. The number of aryl methyl sites for hydroxylation is 2. The fourth-order valence-electron chi connectivity index (χ4n) is 3.79. The van der Waals surface area contributed by atoms with Crippen molar-refractivity contribution in [1.82, 2.24) is 14.5 Å². The maximum atomic E-state index is 14.1. The van der Waals surface area contributed by atoms with Gasteiger partial charge in [-0.15, -0.1) is 11.3 Å². The Kier molecular flexibility index (Phi) is 7.19. The molecule has 2 heterocycles. The van der Waals surface area contributed by atoms with Crippen molar-refractivity contribution < 1.29 is 13.9 Å². The first-order valence-electron chi connectivity index (χ1n) is 10.2. The number of carbonyl (C=O) groups excluding carboxylic acids is 1. The highest BCUT2D eigenvalue weighted by Crippen LogP contribution is 2.35. The quantitative estimate of drug-likeness (QED) is 0.347. The minimum Gasteiger partial charge on any atom is -0.383 e. The van der Waals surface area contributed by atoms with Crippen LogP contribution >= 0.6 is 34.7 Å². The number of ether oxygens (including phenoxy) is 1. The van der Waals surface area contributed by atoms with Crippen LogP contribution in [0.15, 0.2) is 28.2 Å². The maximum absolute atomic E-state index is 14.1. The number of nitrogens with zero attached hydrogens (tertiary/aromatic N) is 3. The van der Waals surface area contributed by atoms with Gasteiger partial charge in [0.2, 0.25) is 5.91 Å². The van der Waals surface area contributed by atoms with Crippen molar-refractivity contribution in [2.24, 2.45) is 0 Å². The number of hydrogen-bond donors (Lipinski definition) is 0. The van der Waals surface area contributed by atoms with Gasteiger partial charge in [-0.25, -0.2) is 9.37 Å². The lowest BCUT2D eigenvalue weighted by molar-refractivity contribution is -0.127. The van der Waals surface area contributed by atoms with Gasteiger partial charge in [-0.05, 0) is 37.0 Å². The molecular weight excluding hydrogens is 473 g/mol. The van der Waals surface area contributed by atoms with Gasteiger partial charge in [-0.1, -0.05) is 29.4 Å². The molecule has 1 aromatic carbocycles. The van der Waals surface area contributed by atoms with E-state index in [0.717, 1.165) is 29.7 Å². The number of rotatable bonds is 8. The molecule has 6 nitrogen and oxygen atoms in total. The first kappa shape index (κ1) is 23.2. The molecule has 0 N–H and O–H groups in total. The largest absolute Gasteiger partial charge is 0.383 e. The van der Waals surface area contributed by atoms with Crippen LogP contribution < -0.4 is 5.56 Å². The van der Waals surface area contributed by atoms with Crippen LogP contribution in [-0.4, -0.2) is 46.9 Å². The Morgan fingerprint density at radius 1 is 1.41 bits per heavy atom. The van der Waals surface area contributed by atoms with E-state index in [1.54, 1.807) is 36.1 Å². The molecule has 1 amide bonds. The standard InChI is InChI=1S/C22H23ClFN3O3S2/c1-26(11-14-15(23)6-4-7-16(14)24)18(28)12-31-22-25-20-19(13-5-3-8-17(13)32-20)21(29)27(22)9-10-30-2/h4,6-7H,3,5,8-12H2,1-2H3. The zero-order valence-electron chi connectivity index (χ0n) is 17.8. The second-order valence-corrected chi connectivity index (χ2v) is 10.1. The van der Waals surface area contributed by atoms with Gasteiger partial charge in [0.25, 0.3) is 5.56 Å². The molecule has 0 saturated heterocycles. The first-order valence-corrected chi connectivity index (χ1v) is 12.4. The van der Waals surface area contributed by atoms with E-state index in [2.05, 4.69) is 0 Å². The summed E-state index contributed by atoms with van der Waals surface area (Å²) in [5.41, 5.74) is 1.33. The molecule has 0 fully saturated rings. The van der Waals surface area contributed by atoms with Crippen LogP contribution in [0.2, 0.25) is 5.02 Å². The molecule has 0 spiro atoms. The van der Waals surface area contributed by atoms with Gasteiger partial charge in [0.15, 0.2) is 5.16 Å². The van der Waals surface area contributed by atoms with Crippen molar-refractivity contribution in [3.63, 3.8) is 0 Å². The van der Waals surface area contributed by atoms with E-state index in [1.807, 2.05) is 0 Å². The minimum atomic E-state index is -0.448. The molecule has 0 aliphatic heterocycles. The average molecular weight is 496 g/mol. The van der Waals surface area contributed by atoms with Crippen LogP contribution in [0.5, 0.6) is 0 Å². The number of fused-ring (bicyclic) bond motifs is 3. The second kappa shape index (κ2) is 9.91. The van der Waals surface area contributed by atoms with E-state index in [0.29, 0.717) is 23.7 Å². The number of benzene rings is 1. The summed E-state index contributed by atoms with van der Waals surface area (Å²) < 4.78 is 20.8. The smallest absolute Gasteiger partial charge is 0.263 e. The Balaban J connectivity index is 1.55. The van der Waals surface area contributed by atoms with E-state index in [9.17, 15) is 14.0 Å². The fourth-order valence-corrected chi connectivity index (χ4v) is 6.28. The number of thioether (sulfide) groups is 1. The summed E-state index contributed by atoms with van der Waals surface area (Å²) in [5, 5.41) is 1.48. The molecule has 32 heavy (non-hydrogen) atoms. The molecule has 4 rings (SSSR count). The van der Waals surface area contributed by atoms with Gasteiger partial charge in [0.05, 0.1) is 24.3 Å². The third kappa shape index (κ3) is 4.57. The number of halogens is 2. The molecule has 0 saturated carbocycles. The first-order chi connectivity index (χ1) is 15.4. The Labute approximate surface area is 198 Å². The molecule has 0 unspecified atom stereocenters. The SMILES string of the molecule is COCCn1c(SCC(=O)N(C)Cc2c(F)cccc2Cl)nc2sc3c(c2c1=O)CCC3. The van der Waals surface area contributed by atoms with Gasteiger partial charge in [-0.3, -0.25) is 14.2 Å². The van der Waals surface area contributed by atoms with E-state index < -0.39 is 5.82 Å². The number of carbonyl (C=O) groups is 1. The van der Waals surface area contributed by atoms with Crippen LogP contribution in [0, 0.1) is 5.82 Å². The molecule has 3 aromatic rings. The minimum absolute atomic E-state index is 0.0610. The number of amides is 1. The average Bonchev–Trinajstić information content (AvgIpc) is 3.35. The van der Waals surface area contributed by atoms with E-state index in [4.69, 9.17) is 21.3 Å². The third-order valence-electron chi connectivity index (χ3n) is 5.52. The highest BCUT2D eigenvalue weighted by molar-refractivity contribution is 7.99. The molecule has 170 valence electrons. The molecule has 0 bridgehead atoms. The normalized spacial score (nSPS) is 13.0. The summed E-state index contributed by atoms with van der Waals surface area (Å²) in [6, 6.07) is 4.44. The van der Waals surface area contributed by atoms with Gasteiger partial charge in [-0.2, -0.15) is 0 Å². The predicted molar refractivity (Wildman–Crippen MR) is 126 cm³/mol. The zero-order chi connectivity index (χ0) is 22.8. The molecule has 10 heteroatoms. The van der Waals surface area contributed by atoms with E-state index in [1.165, 1.54) is 33.7 Å². The lowest BCUT2D eigenvalue weighted by Crippen LogP contribution is -2.29. The number of hydrogen-bond acceptors (Lipinski definition) is 6. The topological polar surface area (TPSA) is 64.4 Å². The number of aromatic nitrogens is 2. The van der Waals surface area contributed by atoms with E-state index in [-0.39, 0.29) is 34.4 Å². The molecule has 0 radical (unpaired) electrons. The summed E-state index contributed by atoms with van der Waals surface area (Å²) in [6.07, 6.45) is 2.96. The lowest BCUT2D eigenvalue weighted by atomic mass is 10.2. The van der Waals surface area contributed by atoms with Gasteiger partial charge < -0.3 is 9.64 Å². The highest BCUT2D eigenvalue weighted by Gasteiger charge is 2.24. The fraction of sp³-hybridized carbons (Fsp3) is 0.409. The molecular formula is C22H23ClFN3O3S2. The van der Waals surface area contributed by atoms with Crippen molar-refractivity contribution in [3.05, 3.63) is 55.4 Å². The monoisotopic (exact) mass is 495 g/mol. The Morgan fingerprint density at radius 2 is 2.22 bits per heavy atom. The van der Waals surface area contributed by atoms with Gasteiger partial charge in [0, 0.05) is 36.2 Å². The van der Waals surface area contributed by atoms with Crippen molar-refractivity contribution in [2.45, 2.75) is 37.5 Å². The van der Waals surface area contributed by atoms with Crippen LogP contribution in [0.3, 0.4) is 0 Å². The van der Waals surface area contributed by atoms with Crippen molar-refractivity contribution in [2.75, 3.05) is 26.5 Å². The second-order valence-electron chi connectivity index (χ2n) is 7.62. The Bertz CT molecular complexity index is 1210. The molecule has 1 aliphatic carbocycles. The van der Waals surface area contributed by atoms with E-state index >= 15 is 0 Å². The number of thiophene rings is 1. The summed E-state index contributed by atoms with van der Waals surface area (Å²) in [5.74, 6) is -0.592. The van der Waals surface area contributed by atoms with Crippen LogP contribution in [0.1, 0.15) is 22.4 Å². The summed E-state index contributed by atoms with van der Waals surface area (Å²) in [7, 11) is 3.18. The Morgan fingerprint density at radius 3 is 2.97 bits per heavy atom. The van der Waals surface area contributed by atoms with Gasteiger partial charge >= 0.3 is 0 Å². The lowest BCUT2D eigenvalue weighted by Gasteiger charge is -2.19. The summed E-state index contributed by atoms with van der Waals surface area (Å²) in [6.45, 7) is 0.790. The van der Waals surface area contributed by atoms with Crippen molar-refractivity contribution in [3.8, 4) is 0 Å². The predicted octanol–water partition coefficient (Wildman–Crippen LogP) is 4.14. The van der Waals surface area contributed by atoms with Crippen LogP contribution in [0.4, 0.5) is 4.39 Å². The van der Waals surface area contributed by atoms with Crippen molar-refractivity contribution >= 4 is 50.8 Å². The molecule has 0 atom stereocenters. The van der Waals surface area contributed by atoms with Crippen molar-refractivity contribution in [1.29, 1.82) is 0 Å².